The van der Waals surface area contributed by atoms with Gasteiger partial charge in [-0.1, -0.05) is 23.7 Å². The van der Waals surface area contributed by atoms with Gasteiger partial charge in [0.05, 0.1) is 24.4 Å². The number of methoxy groups -OCH3 is 1. The quantitative estimate of drug-likeness (QED) is 0.302. The third-order valence-electron chi connectivity index (χ3n) is 7.91. The van der Waals surface area contributed by atoms with Crippen molar-refractivity contribution in [3.8, 4) is 17.0 Å². The van der Waals surface area contributed by atoms with E-state index in [2.05, 4.69) is 16.7 Å². The zero-order chi connectivity index (χ0) is 31.1. The molecule has 44 heavy (non-hydrogen) atoms. The molecule has 1 aromatic carbocycles. The van der Waals surface area contributed by atoms with Crippen molar-refractivity contribution < 1.29 is 47.4 Å². The Bertz CT molecular complexity index is 1600. The number of carbonyl (C=O) groups excluding carboxylic acids is 2. The molecular weight excluding hydrogens is 582 g/mol. The minimum Gasteiger partial charge on any atom is -0.869 e. The Morgan fingerprint density at radius 2 is 2.05 bits per heavy atom. The molecule has 0 unspecified atom stereocenters. The van der Waals surface area contributed by atoms with Crippen LogP contribution in [0.1, 0.15) is 43.9 Å². The zero-order valence-corrected chi connectivity index (χ0v) is 25.5. The molecule has 4 aliphatic rings. The molecule has 0 radical (unpaired) electrons. The summed E-state index contributed by atoms with van der Waals surface area (Å²) in [5.41, 5.74) is 3.45. The van der Waals surface area contributed by atoms with E-state index in [4.69, 9.17) is 33.4 Å². The largest absolute Gasteiger partial charge is 1.00 e. The third kappa shape index (κ3) is 6.36. The van der Waals surface area contributed by atoms with Gasteiger partial charge in [-0.25, -0.2) is 40.1 Å². The SMILES string of the molecule is [CH-]1CC1.[CH-]=C1C=C(C(=O)NC[C@](O)(c2cc3c(c(-c4cccc(F)c4Cl)n2)OC[C@]3(C)C(N)=O)C2CC2)C=C(OC)C1=[N-].[Li+]. The van der Waals surface area contributed by atoms with E-state index in [1.165, 1.54) is 44.2 Å². The molecular formula is C32H31ClFLiN4O5-2. The molecule has 3 aliphatic carbocycles. The Hall–Kier alpha value is -3.42. The number of nitrogens with zero attached hydrogens (tertiary/aromatic N) is 2. The van der Waals surface area contributed by atoms with E-state index in [1.54, 1.807) is 19.1 Å². The summed E-state index contributed by atoms with van der Waals surface area (Å²) in [5.74, 6) is -1.94. The monoisotopic (exact) mass is 612 g/mol. The first-order valence-electron chi connectivity index (χ1n) is 13.8. The summed E-state index contributed by atoms with van der Waals surface area (Å²) in [6.07, 6.45) is 8.93. The molecule has 2 fully saturated rings. The van der Waals surface area contributed by atoms with Crippen molar-refractivity contribution >= 4 is 29.1 Å². The van der Waals surface area contributed by atoms with E-state index in [0.29, 0.717) is 18.4 Å². The van der Waals surface area contributed by atoms with Gasteiger partial charge in [0.25, 0.3) is 0 Å². The number of ether oxygens (including phenoxy) is 2. The molecule has 2 aromatic rings. The van der Waals surface area contributed by atoms with Crippen LogP contribution in [0.3, 0.4) is 0 Å². The molecule has 1 aliphatic heterocycles. The number of aliphatic hydroxyl groups is 1. The third-order valence-corrected chi connectivity index (χ3v) is 8.30. The number of carbonyl (C=O) groups is 2. The number of pyridine rings is 1. The normalized spacial score (nSPS) is 21.2. The van der Waals surface area contributed by atoms with E-state index >= 15 is 0 Å². The molecule has 0 bridgehead atoms. The number of allylic oxidation sites excluding steroid dienone is 2. The molecule has 1 aromatic heterocycles. The molecule has 2 heterocycles. The van der Waals surface area contributed by atoms with Crippen molar-refractivity contribution in [3.05, 3.63) is 93.8 Å². The fourth-order valence-corrected chi connectivity index (χ4v) is 5.13. The van der Waals surface area contributed by atoms with Gasteiger partial charge in [0, 0.05) is 16.9 Å². The van der Waals surface area contributed by atoms with Crippen LogP contribution in [0.5, 0.6) is 5.75 Å². The van der Waals surface area contributed by atoms with Gasteiger partial charge in [0.15, 0.2) is 0 Å². The summed E-state index contributed by atoms with van der Waals surface area (Å²) in [4.78, 5) is 30.3. The van der Waals surface area contributed by atoms with E-state index in [0.717, 1.165) is 0 Å². The molecule has 0 spiro atoms. The van der Waals surface area contributed by atoms with Gasteiger partial charge in [-0.15, -0.1) is 0 Å². The van der Waals surface area contributed by atoms with Crippen molar-refractivity contribution in [1.29, 1.82) is 0 Å². The van der Waals surface area contributed by atoms with Crippen LogP contribution in [0.4, 0.5) is 4.39 Å². The van der Waals surface area contributed by atoms with Gasteiger partial charge in [-0.2, -0.15) is 6.08 Å². The molecule has 2 saturated carbocycles. The number of fused-ring (bicyclic) bond motifs is 1. The summed E-state index contributed by atoms with van der Waals surface area (Å²) < 4.78 is 25.4. The first-order chi connectivity index (χ1) is 20.4. The van der Waals surface area contributed by atoms with Gasteiger partial charge in [0.2, 0.25) is 11.8 Å². The number of nitrogens with one attached hydrogen (secondary N) is 1. The maximum atomic E-state index is 14.4. The smallest absolute Gasteiger partial charge is 0.869 e. The van der Waals surface area contributed by atoms with Crippen LogP contribution in [0.25, 0.3) is 16.7 Å². The summed E-state index contributed by atoms with van der Waals surface area (Å²) in [5, 5.41) is 24.5. The van der Waals surface area contributed by atoms with Crippen molar-refractivity contribution in [2.45, 2.75) is 43.6 Å². The fourth-order valence-electron chi connectivity index (χ4n) is 4.92. The van der Waals surface area contributed by atoms with Crippen molar-refractivity contribution in [1.82, 2.24) is 10.3 Å². The number of amides is 2. The number of benzene rings is 1. The first kappa shape index (κ1) is 33.5. The maximum absolute atomic E-state index is 14.4. The Morgan fingerprint density at radius 1 is 1.36 bits per heavy atom. The van der Waals surface area contributed by atoms with Crippen LogP contribution in [0.2, 0.25) is 5.02 Å². The Labute approximate surface area is 272 Å². The van der Waals surface area contributed by atoms with Gasteiger partial charge in [0.1, 0.15) is 34.9 Å². The number of halogens is 2. The Balaban J connectivity index is 0.00000104. The number of rotatable bonds is 8. The second-order valence-corrected chi connectivity index (χ2v) is 11.6. The van der Waals surface area contributed by atoms with Crippen LogP contribution < -0.4 is 34.6 Å². The number of aromatic nitrogens is 1. The summed E-state index contributed by atoms with van der Waals surface area (Å²) >= 11 is 6.30. The van der Waals surface area contributed by atoms with Crippen LogP contribution >= 0.6 is 11.6 Å². The van der Waals surface area contributed by atoms with Crippen LogP contribution in [-0.4, -0.2) is 47.9 Å². The molecule has 0 saturated heterocycles. The molecule has 2 atom stereocenters. The minimum atomic E-state index is -1.67. The predicted molar refractivity (Wildman–Crippen MR) is 159 cm³/mol. The standard InChI is InChI=1S/C29H26ClFN4O5.C3H5.Li/c1-14-9-15(10-20(39-3)23(14)32)26(36)34-12-29(38,16-7-8-16)21-11-18-25(40-13-28(18,2)27(33)37)24(35-21)17-5-4-6-19(31)22(17)30;1-2-3-1;/h1,4-6,9-11,16,38H,7-8,12-13H2,2-3H3,(H2,33,37)(H,34,36);1H,2-3H2;/q-2;-1;+1/t28-,29+;;/m0../s1. The average molecular weight is 613 g/mol. The van der Waals surface area contributed by atoms with E-state index in [-0.39, 0.29) is 88.3 Å². The van der Waals surface area contributed by atoms with E-state index < -0.39 is 28.6 Å². The summed E-state index contributed by atoms with van der Waals surface area (Å²) in [6, 6.07) is 5.77. The predicted octanol–water partition coefficient (Wildman–Crippen LogP) is 1.22. The number of primary amides is 1. The molecule has 4 N–H and O–H groups in total. The zero-order valence-electron chi connectivity index (χ0n) is 24.7. The molecule has 2 amide bonds. The topological polar surface area (TPSA) is 146 Å². The molecule has 12 heteroatoms. The number of hydrogen-bond donors (Lipinski definition) is 3. The molecule has 6 rings (SSSR count). The van der Waals surface area contributed by atoms with Crippen molar-refractivity contribution in [2.24, 2.45) is 11.7 Å². The number of hydrogen-bond acceptors (Lipinski definition) is 6. The van der Waals surface area contributed by atoms with Crippen molar-refractivity contribution in [3.63, 3.8) is 0 Å². The Kier molecular flexibility index (Phi) is 9.81. The van der Waals surface area contributed by atoms with Gasteiger partial charge < -0.3 is 37.5 Å². The van der Waals surface area contributed by atoms with Crippen LogP contribution in [0, 0.1) is 24.7 Å². The fraction of sp³-hybridized carbons (Fsp3) is 0.344. The minimum absolute atomic E-state index is 0. The summed E-state index contributed by atoms with van der Waals surface area (Å²) in [6.45, 7) is 7.09. The first-order valence-corrected chi connectivity index (χ1v) is 14.2. The van der Waals surface area contributed by atoms with E-state index in [9.17, 15) is 24.5 Å². The Morgan fingerprint density at radius 3 is 2.64 bits per heavy atom. The molecule has 9 nitrogen and oxygen atoms in total. The van der Waals surface area contributed by atoms with Crippen molar-refractivity contribution in [2.75, 3.05) is 20.3 Å². The molecule has 226 valence electrons. The number of nitrogens with two attached hydrogens (primary N) is 1. The van der Waals surface area contributed by atoms with E-state index in [1.807, 2.05) is 0 Å². The second-order valence-electron chi connectivity index (χ2n) is 11.2. The van der Waals surface area contributed by atoms with Crippen LogP contribution in [-0.2, 0) is 25.3 Å². The maximum Gasteiger partial charge on any atom is 1.00 e. The second kappa shape index (κ2) is 12.9. The average Bonchev–Trinajstić information content (AvgIpc) is 3.91. The van der Waals surface area contributed by atoms with Gasteiger partial charge >= 0.3 is 18.9 Å². The van der Waals surface area contributed by atoms with Gasteiger partial charge in [-0.05, 0) is 49.5 Å². The van der Waals surface area contributed by atoms with Crippen LogP contribution in [0.15, 0.2) is 53.3 Å². The summed E-state index contributed by atoms with van der Waals surface area (Å²) in [7, 11) is 1.33. The van der Waals surface area contributed by atoms with Gasteiger partial charge in [-0.3, -0.25) is 9.59 Å².